The maximum atomic E-state index is 12.8. The third kappa shape index (κ3) is 3.28. The molecule has 0 radical (unpaired) electrons. The van der Waals surface area contributed by atoms with Gasteiger partial charge in [0.2, 0.25) is 0 Å². The van der Waals surface area contributed by atoms with Crippen LogP contribution in [0.1, 0.15) is 23.2 Å². The normalized spacial score (nSPS) is 15.4. The standard InChI is InChI=1S/C18H20N2O3/c1-23-18(22)19-14-9-11-20(12-10-14)17(21)16-8-4-6-13-5-2-3-7-15(13)16/h2-8,14H,9-12H2,1H3,(H,19,22). The van der Waals surface area contributed by atoms with Crippen LogP contribution in [0.3, 0.4) is 0 Å². The molecule has 2 amide bonds. The molecule has 1 heterocycles. The summed E-state index contributed by atoms with van der Waals surface area (Å²) in [6.45, 7) is 1.27. The fraction of sp³-hybridized carbons (Fsp3) is 0.333. The van der Waals surface area contributed by atoms with Gasteiger partial charge in [-0.2, -0.15) is 0 Å². The average molecular weight is 312 g/mol. The van der Waals surface area contributed by atoms with Crippen molar-refractivity contribution in [2.45, 2.75) is 18.9 Å². The Kier molecular flexibility index (Phi) is 4.46. The van der Waals surface area contributed by atoms with Crippen molar-refractivity contribution in [2.75, 3.05) is 20.2 Å². The molecule has 1 aliphatic rings. The molecule has 1 saturated heterocycles. The fourth-order valence-electron chi connectivity index (χ4n) is 3.03. The molecule has 1 N–H and O–H groups in total. The lowest BCUT2D eigenvalue weighted by Crippen LogP contribution is -2.46. The van der Waals surface area contributed by atoms with Crippen molar-refractivity contribution >= 4 is 22.8 Å². The second-order valence-electron chi connectivity index (χ2n) is 5.73. The highest BCUT2D eigenvalue weighted by Crippen LogP contribution is 2.21. The number of piperidine rings is 1. The molecular weight excluding hydrogens is 292 g/mol. The highest BCUT2D eigenvalue weighted by molar-refractivity contribution is 6.07. The zero-order chi connectivity index (χ0) is 16.2. The lowest BCUT2D eigenvalue weighted by atomic mass is 10.0. The monoisotopic (exact) mass is 312 g/mol. The number of carbonyl (C=O) groups excluding carboxylic acids is 2. The van der Waals surface area contributed by atoms with Crippen molar-refractivity contribution in [3.8, 4) is 0 Å². The number of hydrogen-bond acceptors (Lipinski definition) is 3. The van der Waals surface area contributed by atoms with Gasteiger partial charge in [0.25, 0.3) is 5.91 Å². The van der Waals surface area contributed by atoms with E-state index in [1.54, 1.807) is 0 Å². The average Bonchev–Trinajstić information content (AvgIpc) is 2.61. The molecule has 1 fully saturated rings. The van der Waals surface area contributed by atoms with Crippen LogP contribution in [0.4, 0.5) is 4.79 Å². The SMILES string of the molecule is COC(=O)NC1CCN(C(=O)c2cccc3ccccc23)CC1. The van der Waals surface area contributed by atoms with E-state index in [0.717, 1.165) is 29.2 Å². The van der Waals surface area contributed by atoms with E-state index in [-0.39, 0.29) is 11.9 Å². The van der Waals surface area contributed by atoms with Crippen molar-refractivity contribution in [1.82, 2.24) is 10.2 Å². The van der Waals surface area contributed by atoms with Crippen molar-refractivity contribution in [3.05, 3.63) is 48.0 Å². The van der Waals surface area contributed by atoms with Gasteiger partial charge in [0.1, 0.15) is 0 Å². The van der Waals surface area contributed by atoms with Gasteiger partial charge in [-0.3, -0.25) is 4.79 Å². The number of nitrogens with one attached hydrogen (secondary N) is 1. The molecule has 0 saturated carbocycles. The van der Waals surface area contributed by atoms with Crippen molar-refractivity contribution in [1.29, 1.82) is 0 Å². The highest BCUT2D eigenvalue weighted by atomic mass is 16.5. The lowest BCUT2D eigenvalue weighted by Gasteiger charge is -2.32. The van der Waals surface area contributed by atoms with E-state index >= 15 is 0 Å². The molecule has 2 aromatic carbocycles. The van der Waals surface area contributed by atoms with E-state index in [1.165, 1.54) is 7.11 Å². The van der Waals surface area contributed by atoms with Crippen LogP contribution in [0.25, 0.3) is 10.8 Å². The molecular formula is C18H20N2O3. The molecule has 0 spiro atoms. The first-order valence-corrected chi connectivity index (χ1v) is 7.80. The zero-order valence-electron chi connectivity index (χ0n) is 13.1. The first-order valence-electron chi connectivity index (χ1n) is 7.80. The Labute approximate surface area is 135 Å². The van der Waals surface area contributed by atoms with Crippen molar-refractivity contribution in [3.63, 3.8) is 0 Å². The van der Waals surface area contributed by atoms with E-state index in [4.69, 9.17) is 0 Å². The maximum Gasteiger partial charge on any atom is 0.407 e. The molecule has 0 unspecified atom stereocenters. The van der Waals surface area contributed by atoms with Gasteiger partial charge in [0.15, 0.2) is 0 Å². The largest absolute Gasteiger partial charge is 0.453 e. The van der Waals surface area contributed by atoms with Gasteiger partial charge in [-0.15, -0.1) is 0 Å². The Morgan fingerprint density at radius 3 is 2.52 bits per heavy atom. The minimum Gasteiger partial charge on any atom is -0.453 e. The molecule has 1 aliphatic heterocycles. The molecule has 0 aliphatic carbocycles. The number of hydrogen-bond donors (Lipinski definition) is 1. The lowest BCUT2D eigenvalue weighted by molar-refractivity contribution is 0.0706. The number of methoxy groups -OCH3 is 1. The van der Waals surface area contributed by atoms with Crippen LogP contribution in [0.15, 0.2) is 42.5 Å². The number of alkyl carbamates (subject to hydrolysis) is 1. The number of ether oxygens (including phenoxy) is 1. The van der Waals surface area contributed by atoms with E-state index in [0.29, 0.717) is 13.1 Å². The number of carbonyl (C=O) groups is 2. The Balaban J connectivity index is 1.71. The van der Waals surface area contributed by atoms with Crippen LogP contribution in [0.2, 0.25) is 0 Å². The molecule has 0 atom stereocenters. The second-order valence-corrected chi connectivity index (χ2v) is 5.73. The number of amides is 2. The Bertz CT molecular complexity index is 716. The van der Waals surface area contributed by atoms with Gasteiger partial charge in [0, 0.05) is 24.7 Å². The summed E-state index contributed by atoms with van der Waals surface area (Å²) in [5.41, 5.74) is 0.738. The van der Waals surface area contributed by atoms with Gasteiger partial charge in [-0.1, -0.05) is 36.4 Å². The summed E-state index contributed by atoms with van der Waals surface area (Å²) < 4.78 is 4.61. The van der Waals surface area contributed by atoms with E-state index in [9.17, 15) is 9.59 Å². The van der Waals surface area contributed by atoms with Crippen molar-refractivity contribution in [2.24, 2.45) is 0 Å². The smallest absolute Gasteiger partial charge is 0.407 e. The second kappa shape index (κ2) is 6.69. The number of rotatable bonds is 2. The summed E-state index contributed by atoms with van der Waals surface area (Å²) in [5.74, 6) is 0.0540. The van der Waals surface area contributed by atoms with Crippen LogP contribution >= 0.6 is 0 Å². The van der Waals surface area contributed by atoms with Gasteiger partial charge in [-0.25, -0.2) is 4.79 Å². The molecule has 0 bridgehead atoms. The molecule has 0 aromatic heterocycles. The van der Waals surface area contributed by atoms with E-state index in [1.807, 2.05) is 47.4 Å². The number of likely N-dealkylation sites (tertiary alicyclic amines) is 1. The van der Waals surface area contributed by atoms with Crippen molar-refractivity contribution < 1.29 is 14.3 Å². The number of nitrogens with zero attached hydrogens (tertiary/aromatic N) is 1. The summed E-state index contributed by atoms with van der Waals surface area (Å²) in [7, 11) is 1.36. The molecule has 23 heavy (non-hydrogen) atoms. The summed E-state index contributed by atoms with van der Waals surface area (Å²) in [4.78, 5) is 25.9. The quantitative estimate of drug-likeness (QED) is 0.927. The summed E-state index contributed by atoms with van der Waals surface area (Å²) in [6, 6.07) is 13.8. The van der Waals surface area contributed by atoms with Gasteiger partial charge in [0.05, 0.1) is 7.11 Å². The van der Waals surface area contributed by atoms with Gasteiger partial charge < -0.3 is 15.0 Å². The van der Waals surface area contributed by atoms with Gasteiger partial charge >= 0.3 is 6.09 Å². The topological polar surface area (TPSA) is 58.6 Å². The van der Waals surface area contributed by atoms with Gasteiger partial charge in [-0.05, 0) is 29.7 Å². The van der Waals surface area contributed by atoms with Crippen LogP contribution in [-0.2, 0) is 4.74 Å². The first-order chi connectivity index (χ1) is 11.2. The fourth-order valence-corrected chi connectivity index (χ4v) is 3.03. The van der Waals surface area contributed by atoms with E-state index < -0.39 is 6.09 Å². The molecule has 5 heteroatoms. The Hall–Kier alpha value is -2.56. The molecule has 5 nitrogen and oxygen atoms in total. The predicted octanol–water partition coefficient (Wildman–Crippen LogP) is 2.80. The minimum absolute atomic E-state index is 0.0540. The number of benzene rings is 2. The predicted molar refractivity (Wildman–Crippen MR) is 88.4 cm³/mol. The number of fused-ring (bicyclic) bond motifs is 1. The zero-order valence-corrected chi connectivity index (χ0v) is 13.1. The molecule has 2 aromatic rings. The summed E-state index contributed by atoms with van der Waals surface area (Å²) >= 11 is 0. The first kappa shape index (κ1) is 15.3. The van der Waals surface area contributed by atoms with Crippen LogP contribution in [0, 0.1) is 0 Å². The Morgan fingerprint density at radius 2 is 1.78 bits per heavy atom. The summed E-state index contributed by atoms with van der Waals surface area (Å²) in [5, 5.41) is 4.85. The maximum absolute atomic E-state index is 12.8. The third-order valence-electron chi connectivity index (χ3n) is 4.31. The minimum atomic E-state index is -0.413. The Morgan fingerprint density at radius 1 is 1.09 bits per heavy atom. The molecule has 3 rings (SSSR count). The van der Waals surface area contributed by atoms with Crippen LogP contribution in [0.5, 0.6) is 0 Å². The third-order valence-corrected chi connectivity index (χ3v) is 4.31. The van der Waals surface area contributed by atoms with Crippen LogP contribution < -0.4 is 5.32 Å². The van der Waals surface area contributed by atoms with E-state index in [2.05, 4.69) is 10.1 Å². The summed E-state index contributed by atoms with van der Waals surface area (Å²) in [6.07, 6.45) is 1.07. The van der Waals surface area contributed by atoms with Crippen LogP contribution in [-0.4, -0.2) is 43.1 Å². The highest BCUT2D eigenvalue weighted by Gasteiger charge is 2.25. The molecule has 120 valence electrons.